The van der Waals surface area contributed by atoms with Crippen LogP contribution in [0.3, 0.4) is 0 Å². The minimum Gasteiger partial charge on any atom is -0.367 e. The van der Waals surface area contributed by atoms with Gasteiger partial charge in [-0.15, -0.1) is 0 Å². The fourth-order valence-electron chi connectivity index (χ4n) is 5.54. The van der Waals surface area contributed by atoms with Crippen LogP contribution in [0.2, 0.25) is 0 Å². The highest BCUT2D eigenvalue weighted by atomic mass is 32.2. The monoisotopic (exact) mass is 550 g/mol. The fourth-order valence-corrected chi connectivity index (χ4v) is 7.04. The Kier molecular flexibility index (Phi) is 8.18. The second-order valence-corrected chi connectivity index (χ2v) is 11.9. The van der Waals surface area contributed by atoms with Gasteiger partial charge in [-0.2, -0.15) is 0 Å². The number of aryl methyl sites for hydroxylation is 1. The number of carbonyl (C=O) groups excluding carboxylic acids is 1. The van der Waals surface area contributed by atoms with Gasteiger partial charge in [-0.25, -0.2) is 17.5 Å². The van der Waals surface area contributed by atoms with Gasteiger partial charge in [0.15, 0.2) is 0 Å². The number of nitrogens with one attached hydrogen (secondary N) is 2. The van der Waals surface area contributed by atoms with Crippen LogP contribution in [0.4, 0.5) is 21.5 Å². The van der Waals surface area contributed by atoms with Gasteiger partial charge in [-0.3, -0.25) is 4.79 Å². The molecule has 5 rings (SSSR count). The molecule has 1 amide bonds. The third-order valence-corrected chi connectivity index (χ3v) is 8.99. The number of sulfonamides is 1. The summed E-state index contributed by atoms with van der Waals surface area (Å²) in [7, 11) is -3.94. The highest BCUT2D eigenvalue weighted by Crippen LogP contribution is 2.34. The molecule has 1 heterocycles. The van der Waals surface area contributed by atoms with Crippen LogP contribution in [0.15, 0.2) is 71.6 Å². The van der Waals surface area contributed by atoms with Crippen molar-refractivity contribution in [2.45, 2.75) is 50.0 Å². The lowest BCUT2D eigenvalue weighted by Crippen LogP contribution is -2.47. The van der Waals surface area contributed by atoms with Crippen molar-refractivity contribution < 1.29 is 17.6 Å². The number of para-hydroxylation sites is 1. The normalized spacial score (nSPS) is 17.5. The highest BCUT2D eigenvalue weighted by molar-refractivity contribution is 7.89. The van der Waals surface area contributed by atoms with Gasteiger partial charge in [0.05, 0.1) is 11.4 Å². The fraction of sp³-hybridized carbons (Fsp3) is 0.367. The minimum atomic E-state index is -3.94. The lowest BCUT2D eigenvalue weighted by Gasteiger charge is -2.38. The number of halogens is 1. The molecular formula is C30H35FN4O3S. The first-order valence-corrected chi connectivity index (χ1v) is 15.1. The van der Waals surface area contributed by atoms with E-state index in [4.69, 9.17) is 0 Å². The number of carbonyl (C=O) groups is 1. The van der Waals surface area contributed by atoms with Crippen molar-refractivity contribution in [3.8, 4) is 0 Å². The van der Waals surface area contributed by atoms with Crippen LogP contribution >= 0.6 is 0 Å². The van der Waals surface area contributed by atoms with Gasteiger partial charge in [-0.05, 0) is 67.1 Å². The molecule has 39 heavy (non-hydrogen) atoms. The molecule has 3 aromatic carbocycles. The second-order valence-electron chi connectivity index (χ2n) is 10.2. The standard InChI is InChI=1S/C30H35FN4O3S/c1-2-8-30(36)32-23-15-16-28(35-19-17-34(18-20-35)27-14-6-5-12-25(27)31)29(21-23)39(37,38)33-26-13-7-10-22-9-3-4-11-24(22)26/h3-6,9,11-12,14-16,21,26,33H,2,7-8,10,13,17-20H2,1H3,(H,32,36)/t26-/m0/s1. The maximum atomic E-state index is 14.4. The summed E-state index contributed by atoms with van der Waals surface area (Å²) in [6, 6.07) is 19.4. The largest absolute Gasteiger partial charge is 0.367 e. The van der Waals surface area contributed by atoms with Crippen molar-refractivity contribution in [3.63, 3.8) is 0 Å². The van der Waals surface area contributed by atoms with Crippen LogP contribution in [-0.4, -0.2) is 40.5 Å². The van der Waals surface area contributed by atoms with E-state index in [-0.39, 0.29) is 22.7 Å². The summed E-state index contributed by atoms with van der Waals surface area (Å²) >= 11 is 0. The number of hydrogen-bond donors (Lipinski definition) is 2. The van der Waals surface area contributed by atoms with E-state index >= 15 is 0 Å². The van der Waals surface area contributed by atoms with Gasteiger partial charge in [0, 0.05) is 44.3 Å². The third kappa shape index (κ3) is 6.09. The van der Waals surface area contributed by atoms with Crippen LogP contribution in [0.25, 0.3) is 0 Å². The summed E-state index contributed by atoms with van der Waals surface area (Å²) in [5.41, 5.74) is 3.76. The zero-order valence-corrected chi connectivity index (χ0v) is 23.0. The number of hydrogen-bond acceptors (Lipinski definition) is 5. The molecule has 0 radical (unpaired) electrons. The van der Waals surface area contributed by atoms with Gasteiger partial charge in [-0.1, -0.05) is 43.3 Å². The van der Waals surface area contributed by atoms with E-state index in [1.54, 1.807) is 30.3 Å². The lowest BCUT2D eigenvalue weighted by atomic mass is 9.88. The molecule has 206 valence electrons. The summed E-state index contributed by atoms with van der Waals surface area (Å²) in [5.74, 6) is -0.417. The van der Waals surface area contributed by atoms with E-state index in [0.717, 1.165) is 24.8 Å². The molecule has 1 aliphatic carbocycles. The Labute approximate surface area is 230 Å². The molecule has 0 aromatic heterocycles. The molecule has 0 unspecified atom stereocenters. The summed E-state index contributed by atoms with van der Waals surface area (Å²) in [4.78, 5) is 16.4. The predicted octanol–water partition coefficient (Wildman–Crippen LogP) is 5.25. The van der Waals surface area contributed by atoms with E-state index in [9.17, 15) is 17.6 Å². The second kappa shape index (κ2) is 11.8. The van der Waals surface area contributed by atoms with Gasteiger partial charge in [0.25, 0.3) is 0 Å². The zero-order valence-electron chi connectivity index (χ0n) is 22.2. The van der Waals surface area contributed by atoms with Crippen LogP contribution in [0.5, 0.6) is 0 Å². The van der Waals surface area contributed by atoms with Crippen LogP contribution in [-0.2, 0) is 21.2 Å². The number of benzene rings is 3. The van der Waals surface area contributed by atoms with Gasteiger partial charge >= 0.3 is 0 Å². The van der Waals surface area contributed by atoms with Crippen LogP contribution < -0.4 is 19.8 Å². The smallest absolute Gasteiger partial charge is 0.243 e. The van der Waals surface area contributed by atoms with Crippen LogP contribution in [0, 0.1) is 5.82 Å². The molecule has 2 N–H and O–H groups in total. The van der Waals surface area contributed by atoms with E-state index < -0.39 is 10.0 Å². The maximum absolute atomic E-state index is 14.4. The molecule has 1 saturated heterocycles. The molecular weight excluding hydrogens is 515 g/mol. The van der Waals surface area contributed by atoms with E-state index in [2.05, 4.69) is 16.1 Å². The quantitative estimate of drug-likeness (QED) is 0.401. The van der Waals surface area contributed by atoms with Crippen molar-refractivity contribution in [3.05, 3.63) is 83.7 Å². The molecule has 9 heteroatoms. The molecule has 0 spiro atoms. The Hall–Kier alpha value is -3.43. The van der Waals surface area contributed by atoms with Crippen molar-refractivity contribution in [2.75, 3.05) is 41.3 Å². The maximum Gasteiger partial charge on any atom is 0.243 e. The molecule has 1 fully saturated rings. The van der Waals surface area contributed by atoms with Gasteiger partial charge in [0.2, 0.25) is 15.9 Å². The molecule has 0 bridgehead atoms. The summed E-state index contributed by atoms with van der Waals surface area (Å²) in [6.45, 7) is 4.10. The minimum absolute atomic E-state index is 0.138. The number of amides is 1. The number of piperazine rings is 1. The number of rotatable bonds is 8. The van der Waals surface area contributed by atoms with E-state index in [1.165, 1.54) is 11.6 Å². The summed E-state index contributed by atoms with van der Waals surface area (Å²) < 4.78 is 45.3. The van der Waals surface area contributed by atoms with Gasteiger partial charge in [0.1, 0.15) is 10.7 Å². The summed E-state index contributed by atoms with van der Waals surface area (Å²) in [5, 5.41) is 2.84. The lowest BCUT2D eigenvalue weighted by molar-refractivity contribution is -0.116. The molecule has 0 saturated carbocycles. The molecule has 3 aromatic rings. The Balaban J connectivity index is 1.43. The summed E-state index contributed by atoms with van der Waals surface area (Å²) in [6.07, 6.45) is 3.62. The van der Waals surface area contributed by atoms with Crippen molar-refractivity contribution >= 4 is 33.0 Å². The predicted molar refractivity (Wildman–Crippen MR) is 153 cm³/mol. The molecule has 7 nitrogen and oxygen atoms in total. The Morgan fingerprint density at radius 1 is 0.949 bits per heavy atom. The third-order valence-electron chi connectivity index (χ3n) is 7.49. The number of nitrogens with zero attached hydrogens (tertiary/aromatic N) is 2. The Morgan fingerprint density at radius 3 is 2.38 bits per heavy atom. The number of fused-ring (bicyclic) bond motifs is 1. The number of anilines is 3. The van der Waals surface area contributed by atoms with Crippen LogP contribution in [0.1, 0.15) is 49.8 Å². The first-order chi connectivity index (χ1) is 18.9. The van der Waals surface area contributed by atoms with Crippen molar-refractivity contribution in [1.29, 1.82) is 0 Å². The molecule has 2 aliphatic rings. The SMILES string of the molecule is CCCC(=O)Nc1ccc(N2CCN(c3ccccc3F)CC2)c(S(=O)(=O)N[C@H]2CCCc3ccccc32)c1. The topological polar surface area (TPSA) is 81.8 Å². The van der Waals surface area contributed by atoms with E-state index in [0.29, 0.717) is 56.1 Å². The first-order valence-electron chi connectivity index (χ1n) is 13.6. The zero-order chi connectivity index (χ0) is 27.4. The average molecular weight is 551 g/mol. The Bertz CT molecular complexity index is 1440. The van der Waals surface area contributed by atoms with E-state index in [1.807, 2.05) is 41.0 Å². The molecule has 1 aliphatic heterocycles. The van der Waals surface area contributed by atoms with Crippen molar-refractivity contribution in [2.24, 2.45) is 0 Å². The van der Waals surface area contributed by atoms with Gasteiger partial charge < -0.3 is 15.1 Å². The Morgan fingerprint density at radius 2 is 1.64 bits per heavy atom. The highest BCUT2D eigenvalue weighted by Gasteiger charge is 2.30. The molecule has 1 atom stereocenters. The van der Waals surface area contributed by atoms with Crippen molar-refractivity contribution in [1.82, 2.24) is 4.72 Å². The first kappa shape index (κ1) is 27.1. The average Bonchev–Trinajstić information content (AvgIpc) is 2.94.